The molecule has 1 aromatic rings. The van der Waals surface area contributed by atoms with Gasteiger partial charge in [0.1, 0.15) is 11.6 Å². The number of nitrogens with zero attached hydrogens (tertiary/aromatic N) is 1. The maximum Gasteiger partial charge on any atom is 0.127 e. The van der Waals surface area contributed by atoms with Crippen LogP contribution in [0.2, 0.25) is 0 Å². The van der Waals surface area contributed by atoms with Crippen LogP contribution in [-0.4, -0.2) is 18.0 Å². The third-order valence-electron chi connectivity index (χ3n) is 2.35. The highest BCUT2D eigenvalue weighted by Gasteiger charge is 2.15. The van der Waals surface area contributed by atoms with Gasteiger partial charge in [0, 0.05) is 12.1 Å². The van der Waals surface area contributed by atoms with Crippen LogP contribution in [0.3, 0.4) is 0 Å². The van der Waals surface area contributed by atoms with Gasteiger partial charge in [0.15, 0.2) is 0 Å². The fraction of sp³-hybridized carbons (Fsp3) is 0.400. The molecule has 1 fully saturated rings. The Balaban J connectivity index is 2.13. The number of likely N-dealkylation sites (tertiary alicyclic amines) is 1. The van der Waals surface area contributed by atoms with Crippen LogP contribution in [0.1, 0.15) is 12.0 Å². The molecule has 0 radical (unpaired) electrons. The zero-order chi connectivity index (χ0) is 9.26. The van der Waals surface area contributed by atoms with Gasteiger partial charge in [0.2, 0.25) is 0 Å². The first-order valence-electron chi connectivity index (χ1n) is 4.42. The Bertz CT molecular complexity index is 308. The molecule has 0 atom stereocenters. The summed E-state index contributed by atoms with van der Waals surface area (Å²) >= 11 is 0. The van der Waals surface area contributed by atoms with E-state index in [-0.39, 0.29) is 11.6 Å². The Morgan fingerprint density at radius 2 is 2.00 bits per heavy atom. The maximum absolute atomic E-state index is 13.1. The van der Waals surface area contributed by atoms with Crippen molar-refractivity contribution >= 4 is 0 Å². The van der Waals surface area contributed by atoms with Crippen molar-refractivity contribution < 1.29 is 8.78 Å². The fourth-order valence-electron chi connectivity index (χ4n) is 1.45. The molecule has 3 heteroatoms. The van der Waals surface area contributed by atoms with Crippen LogP contribution >= 0.6 is 0 Å². The standard InChI is InChI=1S/C10H11F2N/c11-9-2-3-10(12)8(6-9)7-13-4-1-5-13/h2-3,6H,1,4-5,7H2. The van der Waals surface area contributed by atoms with Gasteiger partial charge in [-0.15, -0.1) is 0 Å². The largest absolute Gasteiger partial charge is 0.299 e. The molecule has 13 heavy (non-hydrogen) atoms. The molecule has 1 nitrogen and oxygen atoms in total. The highest BCUT2D eigenvalue weighted by Crippen LogP contribution is 2.15. The van der Waals surface area contributed by atoms with E-state index in [1.54, 1.807) is 0 Å². The van der Waals surface area contributed by atoms with E-state index in [0.717, 1.165) is 25.6 Å². The minimum absolute atomic E-state index is 0.312. The smallest absolute Gasteiger partial charge is 0.127 e. The first-order chi connectivity index (χ1) is 6.25. The highest BCUT2D eigenvalue weighted by atomic mass is 19.1. The quantitative estimate of drug-likeness (QED) is 0.679. The van der Waals surface area contributed by atoms with Gasteiger partial charge < -0.3 is 0 Å². The summed E-state index contributed by atoms with van der Waals surface area (Å²) in [4.78, 5) is 2.10. The van der Waals surface area contributed by atoms with Crippen molar-refractivity contribution in [1.82, 2.24) is 4.90 Å². The van der Waals surface area contributed by atoms with Gasteiger partial charge in [-0.3, -0.25) is 4.90 Å². The maximum atomic E-state index is 13.1. The summed E-state index contributed by atoms with van der Waals surface area (Å²) in [6.45, 7) is 2.52. The summed E-state index contributed by atoms with van der Waals surface area (Å²) < 4.78 is 25.8. The summed E-state index contributed by atoms with van der Waals surface area (Å²) in [5, 5.41) is 0. The van der Waals surface area contributed by atoms with Gasteiger partial charge in [0.05, 0.1) is 0 Å². The van der Waals surface area contributed by atoms with Gasteiger partial charge in [-0.2, -0.15) is 0 Å². The lowest BCUT2D eigenvalue weighted by Crippen LogP contribution is -2.36. The topological polar surface area (TPSA) is 3.24 Å². The van der Waals surface area contributed by atoms with E-state index in [0.29, 0.717) is 12.1 Å². The second-order valence-electron chi connectivity index (χ2n) is 3.37. The van der Waals surface area contributed by atoms with Crippen LogP contribution in [0.15, 0.2) is 18.2 Å². The highest BCUT2D eigenvalue weighted by molar-refractivity contribution is 5.18. The normalized spacial score (nSPS) is 17.1. The molecule has 0 amide bonds. The van der Waals surface area contributed by atoms with Crippen LogP contribution in [0.4, 0.5) is 8.78 Å². The number of benzene rings is 1. The van der Waals surface area contributed by atoms with Gasteiger partial charge >= 0.3 is 0 Å². The predicted molar refractivity (Wildman–Crippen MR) is 46.3 cm³/mol. The molecule has 0 aromatic heterocycles. The molecule has 0 bridgehead atoms. The molecular weight excluding hydrogens is 172 g/mol. The van der Waals surface area contributed by atoms with Crippen molar-refractivity contribution in [2.45, 2.75) is 13.0 Å². The Labute approximate surface area is 76.0 Å². The summed E-state index contributed by atoms with van der Waals surface area (Å²) in [6.07, 6.45) is 1.16. The van der Waals surface area contributed by atoms with Crippen molar-refractivity contribution in [2.75, 3.05) is 13.1 Å². The molecule has 0 N–H and O–H groups in total. The summed E-state index contributed by atoms with van der Waals surface area (Å²) in [7, 11) is 0. The average Bonchev–Trinajstić information content (AvgIpc) is 2.03. The van der Waals surface area contributed by atoms with Gasteiger partial charge in [-0.05, 0) is 37.7 Å². The van der Waals surface area contributed by atoms with E-state index < -0.39 is 0 Å². The van der Waals surface area contributed by atoms with Crippen LogP contribution in [0, 0.1) is 11.6 Å². The van der Waals surface area contributed by atoms with E-state index in [9.17, 15) is 8.78 Å². The number of rotatable bonds is 2. The van der Waals surface area contributed by atoms with E-state index in [4.69, 9.17) is 0 Å². The molecule has 1 saturated heterocycles. The lowest BCUT2D eigenvalue weighted by Gasteiger charge is -2.30. The predicted octanol–water partition coefficient (Wildman–Crippen LogP) is 2.17. The van der Waals surface area contributed by atoms with Gasteiger partial charge in [0.25, 0.3) is 0 Å². The summed E-state index contributed by atoms with van der Waals surface area (Å²) in [5.74, 6) is -0.676. The Morgan fingerprint density at radius 1 is 1.23 bits per heavy atom. The number of hydrogen-bond donors (Lipinski definition) is 0. The molecule has 1 aliphatic rings. The van der Waals surface area contributed by atoms with Crippen molar-refractivity contribution in [2.24, 2.45) is 0 Å². The third-order valence-corrected chi connectivity index (χ3v) is 2.35. The molecule has 0 saturated carbocycles. The molecule has 2 rings (SSSR count). The van der Waals surface area contributed by atoms with Crippen LogP contribution in [0.25, 0.3) is 0 Å². The number of hydrogen-bond acceptors (Lipinski definition) is 1. The van der Waals surface area contributed by atoms with Gasteiger partial charge in [-0.1, -0.05) is 0 Å². The molecule has 70 valence electrons. The fourth-order valence-corrected chi connectivity index (χ4v) is 1.45. The first kappa shape index (κ1) is 8.63. The molecular formula is C10H11F2N. The summed E-state index contributed by atoms with van der Waals surface area (Å²) in [6, 6.07) is 3.60. The molecule has 1 heterocycles. The lowest BCUT2D eigenvalue weighted by atomic mass is 10.1. The van der Waals surface area contributed by atoms with Crippen molar-refractivity contribution in [3.63, 3.8) is 0 Å². The van der Waals surface area contributed by atoms with Crippen LogP contribution in [0.5, 0.6) is 0 Å². The van der Waals surface area contributed by atoms with Crippen LogP contribution in [-0.2, 0) is 6.54 Å². The van der Waals surface area contributed by atoms with Crippen LogP contribution < -0.4 is 0 Å². The first-order valence-corrected chi connectivity index (χ1v) is 4.42. The lowest BCUT2D eigenvalue weighted by molar-refractivity contribution is 0.170. The van der Waals surface area contributed by atoms with Crippen molar-refractivity contribution in [3.05, 3.63) is 35.4 Å². The average molecular weight is 183 g/mol. The molecule has 1 aromatic carbocycles. The van der Waals surface area contributed by atoms with E-state index in [1.165, 1.54) is 12.1 Å². The minimum atomic E-state index is -0.364. The van der Waals surface area contributed by atoms with E-state index in [1.807, 2.05) is 0 Å². The third kappa shape index (κ3) is 1.86. The van der Waals surface area contributed by atoms with E-state index >= 15 is 0 Å². The van der Waals surface area contributed by atoms with Crippen molar-refractivity contribution in [1.29, 1.82) is 0 Å². The minimum Gasteiger partial charge on any atom is -0.299 e. The Hall–Kier alpha value is -0.960. The van der Waals surface area contributed by atoms with E-state index in [2.05, 4.69) is 4.90 Å². The van der Waals surface area contributed by atoms with Gasteiger partial charge in [-0.25, -0.2) is 8.78 Å². The number of halogens is 2. The second kappa shape index (κ2) is 3.42. The van der Waals surface area contributed by atoms with Crippen molar-refractivity contribution in [3.8, 4) is 0 Å². The Morgan fingerprint density at radius 3 is 2.62 bits per heavy atom. The molecule has 0 spiro atoms. The SMILES string of the molecule is Fc1ccc(F)c(CN2CCC2)c1. The zero-order valence-corrected chi connectivity index (χ0v) is 7.26. The molecule has 1 aliphatic heterocycles. The monoisotopic (exact) mass is 183 g/mol. The molecule has 0 aliphatic carbocycles. The Kier molecular flexibility index (Phi) is 2.27. The second-order valence-corrected chi connectivity index (χ2v) is 3.37. The molecule has 0 unspecified atom stereocenters. The zero-order valence-electron chi connectivity index (χ0n) is 7.26. The summed E-state index contributed by atoms with van der Waals surface area (Å²) in [5.41, 5.74) is 0.458.